The van der Waals surface area contributed by atoms with Crippen LogP contribution in [0.3, 0.4) is 0 Å². The summed E-state index contributed by atoms with van der Waals surface area (Å²) >= 11 is 0. The van der Waals surface area contributed by atoms with Crippen molar-refractivity contribution in [2.45, 2.75) is 64.6 Å². The summed E-state index contributed by atoms with van der Waals surface area (Å²) in [5.41, 5.74) is 2.42. The minimum atomic E-state index is -2.50. The minimum Gasteiger partial charge on any atom is -0.350 e. The van der Waals surface area contributed by atoms with Crippen LogP contribution in [0.1, 0.15) is 43.9 Å². The average Bonchev–Trinajstić information content (AvgIpc) is 3.17. The third-order valence-corrected chi connectivity index (χ3v) is 6.40. The Balaban J connectivity index is 1.40. The van der Waals surface area contributed by atoms with E-state index in [1.165, 1.54) is 0 Å². The largest absolute Gasteiger partial charge is 0.350 e. The Bertz CT molecular complexity index is 967. The van der Waals surface area contributed by atoms with Gasteiger partial charge in [-0.15, -0.1) is 0 Å². The number of rotatable bonds is 5. The van der Waals surface area contributed by atoms with E-state index in [9.17, 15) is 13.6 Å². The molecule has 0 saturated heterocycles. The summed E-state index contributed by atoms with van der Waals surface area (Å²) in [4.78, 5) is 25.0. The summed E-state index contributed by atoms with van der Waals surface area (Å²) in [6.45, 7) is 4.88. The average molecular weight is 434 g/mol. The lowest BCUT2D eigenvalue weighted by molar-refractivity contribution is -0.119. The maximum absolute atomic E-state index is 13.3. The summed E-state index contributed by atoms with van der Waals surface area (Å²) in [7, 11) is 3.60. The molecule has 1 unspecified atom stereocenters. The Kier molecular flexibility index (Phi) is 5.57. The smallest absolute Gasteiger partial charge is 0.249 e. The molecule has 1 N–H and O–H groups in total. The SMILES string of the molecule is Cc1nc(NCc2cnn(CC3CCC(F)(F)CC3)c2)nc2c1N(C)C(=O)C(C)N2C. The molecule has 2 aromatic heterocycles. The van der Waals surface area contributed by atoms with Crippen LogP contribution in [0, 0.1) is 12.8 Å². The van der Waals surface area contributed by atoms with Crippen LogP contribution < -0.4 is 15.1 Å². The predicted molar refractivity (Wildman–Crippen MR) is 115 cm³/mol. The molecule has 4 rings (SSSR count). The van der Waals surface area contributed by atoms with Gasteiger partial charge in [-0.05, 0) is 32.6 Å². The molecule has 1 atom stereocenters. The third kappa shape index (κ3) is 4.33. The highest BCUT2D eigenvalue weighted by molar-refractivity contribution is 6.04. The molecule has 1 fully saturated rings. The Morgan fingerprint density at radius 1 is 1.23 bits per heavy atom. The van der Waals surface area contributed by atoms with Crippen molar-refractivity contribution < 1.29 is 13.6 Å². The number of aromatic nitrogens is 4. The summed E-state index contributed by atoms with van der Waals surface area (Å²) in [6, 6.07) is -0.294. The van der Waals surface area contributed by atoms with Gasteiger partial charge in [-0.1, -0.05) is 0 Å². The van der Waals surface area contributed by atoms with E-state index in [4.69, 9.17) is 0 Å². The molecule has 2 aliphatic rings. The molecule has 1 aliphatic carbocycles. The molecule has 8 nitrogen and oxygen atoms in total. The molecular weight excluding hydrogens is 404 g/mol. The topological polar surface area (TPSA) is 79.2 Å². The molecule has 1 aliphatic heterocycles. The van der Waals surface area contributed by atoms with Crippen molar-refractivity contribution in [3.63, 3.8) is 0 Å². The van der Waals surface area contributed by atoms with Gasteiger partial charge < -0.3 is 15.1 Å². The van der Waals surface area contributed by atoms with Crippen molar-refractivity contribution >= 4 is 23.4 Å². The van der Waals surface area contributed by atoms with Gasteiger partial charge in [-0.2, -0.15) is 10.1 Å². The van der Waals surface area contributed by atoms with E-state index in [1.54, 1.807) is 18.1 Å². The van der Waals surface area contributed by atoms with Gasteiger partial charge in [0.2, 0.25) is 17.8 Å². The summed E-state index contributed by atoms with van der Waals surface area (Å²) in [6.07, 6.45) is 4.71. The molecule has 31 heavy (non-hydrogen) atoms. The van der Waals surface area contributed by atoms with Crippen molar-refractivity contribution in [3.05, 3.63) is 23.7 Å². The fraction of sp³-hybridized carbons (Fsp3) is 0.619. The quantitative estimate of drug-likeness (QED) is 0.780. The van der Waals surface area contributed by atoms with E-state index < -0.39 is 5.92 Å². The minimum absolute atomic E-state index is 0.0107. The second-order valence-corrected chi connectivity index (χ2v) is 8.71. The number of alkyl halides is 2. The number of fused-ring (bicyclic) bond motifs is 1. The molecule has 3 heterocycles. The highest BCUT2D eigenvalue weighted by atomic mass is 19.3. The standard InChI is InChI=1S/C21H29F2N7O/c1-13-17-18(28(3)14(2)19(31)29(17)4)27-20(26-13)24-9-16-10-25-30(12-16)11-15-5-7-21(22,23)8-6-15/h10,12,14-15H,5-9,11H2,1-4H3,(H,24,26,27). The van der Waals surface area contributed by atoms with Gasteiger partial charge >= 0.3 is 0 Å². The molecule has 2 aromatic rings. The van der Waals surface area contributed by atoms with Crippen molar-refractivity contribution in [3.8, 4) is 0 Å². The number of halogens is 2. The zero-order valence-electron chi connectivity index (χ0n) is 18.4. The lowest BCUT2D eigenvalue weighted by Gasteiger charge is -2.37. The zero-order chi connectivity index (χ0) is 22.3. The van der Waals surface area contributed by atoms with Crippen LogP contribution in [-0.2, 0) is 17.9 Å². The van der Waals surface area contributed by atoms with E-state index in [-0.39, 0.29) is 30.7 Å². The Morgan fingerprint density at radius 2 is 1.94 bits per heavy atom. The molecule has 0 radical (unpaired) electrons. The maximum Gasteiger partial charge on any atom is 0.249 e. The van der Waals surface area contributed by atoms with Crippen LogP contribution in [-0.4, -0.2) is 51.7 Å². The molecule has 10 heteroatoms. The van der Waals surface area contributed by atoms with Gasteiger partial charge in [0.25, 0.3) is 0 Å². The van der Waals surface area contributed by atoms with Gasteiger partial charge in [0.1, 0.15) is 11.7 Å². The number of nitrogens with zero attached hydrogens (tertiary/aromatic N) is 6. The van der Waals surface area contributed by atoms with E-state index >= 15 is 0 Å². The van der Waals surface area contributed by atoms with Gasteiger partial charge in [-0.3, -0.25) is 9.48 Å². The summed E-state index contributed by atoms with van der Waals surface area (Å²) in [5, 5.41) is 7.62. The first-order chi connectivity index (χ1) is 14.6. The van der Waals surface area contributed by atoms with Crippen LogP contribution in [0.2, 0.25) is 0 Å². The summed E-state index contributed by atoms with van der Waals surface area (Å²) < 4.78 is 28.5. The van der Waals surface area contributed by atoms with Crippen molar-refractivity contribution in [2.24, 2.45) is 5.92 Å². The van der Waals surface area contributed by atoms with Crippen LogP contribution in [0.25, 0.3) is 0 Å². The van der Waals surface area contributed by atoms with E-state index in [1.807, 2.05) is 36.7 Å². The van der Waals surface area contributed by atoms with E-state index in [0.29, 0.717) is 31.9 Å². The Labute approximate surface area is 180 Å². The molecule has 168 valence electrons. The molecule has 1 saturated carbocycles. The van der Waals surface area contributed by atoms with Crippen LogP contribution in [0.15, 0.2) is 12.4 Å². The lowest BCUT2D eigenvalue weighted by atomic mass is 9.87. The van der Waals surface area contributed by atoms with Crippen molar-refractivity contribution in [2.75, 3.05) is 29.2 Å². The molecule has 0 aromatic carbocycles. The van der Waals surface area contributed by atoms with Crippen LogP contribution in [0.5, 0.6) is 0 Å². The number of hydrogen-bond donors (Lipinski definition) is 1. The zero-order valence-corrected chi connectivity index (χ0v) is 18.4. The number of carbonyl (C=O) groups excluding carboxylic acids is 1. The number of likely N-dealkylation sites (N-methyl/N-ethyl adjacent to an activating group) is 2. The predicted octanol–water partition coefficient (Wildman–Crippen LogP) is 3.22. The fourth-order valence-corrected chi connectivity index (χ4v) is 4.33. The first kappa shape index (κ1) is 21.5. The fourth-order valence-electron chi connectivity index (χ4n) is 4.33. The number of anilines is 3. The Morgan fingerprint density at radius 3 is 2.65 bits per heavy atom. The highest BCUT2D eigenvalue weighted by Crippen LogP contribution is 2.37. The Hall–Kier alpha value is -2.78. The monoisotopic (exact) mass is 433 g/mol. The lowest BCUT2D eigenvalue weighted by Crippen LogP contribution is -2.49. The number of aryl methyl sites for hydroxylation is 1. The first-order valence-corrected chi connectivity index (χ1v) is 10.7. The molecule has 0 spiro atoms. The van der Waals surface area contributed by atoms with Gasteiger partial charge in [0.05, 0.1) is 11.9 Å². The number of nitrogens with one attached hydrogen (secondary N) is 1. The maximum atomic E-state index is 13.3. The molecular formula is C21H29F2N7O. The van der Waals surface area contributed by atoms with Gasteiger partial charge in [-0.25, -0.2) is 13.8 Å². The highest BCUT2D eigenvalue weighted by Gasteiger charge is 2.35. The van der Waals surface area contributed by atoms with Crippen LogP contribution >= 0.6 is 0 Å². The van der Waals surface area contributed by atoms with Gasteiger partial charge in [0.15, 0.2) is 5.82 Å². The number of amides is 1. The number of hydrogen-bond acceptors (Lipinski definition) is 6. The van der Waals surface area contributed by atoms with Crippen LogP contribution in [0.4, 0.5) is 26.2 Å². The van der Waals surface area contributed by atoms with Crippen molar-refractivity contribution in [1.29, 1.82) is 0 Å². The normalized spacial score (nSPS) is 21.4. The van der Waals surface area contributed by atoms with E-state index in [2.05, 4.69) is 20.4 Å². The van der Waals surface area contributed by atoms with Crippen molar-refractivity contribution in [1.82, 2.24) is 19.7 Å². The van der Waals surface area contributed by atoms with E-state index in [0.717, 1.165) is 22.8 Å². The second-order valence-electron chi connectivity index (χ2n) is 8.71. The number of carbonyl (C=O) groups is 1. The molecule has 0 bridgehead atoms. The first-order valence-electron chi connectivity index (χ1n) is 10.7. The third-order valence-electron chi connectivity index (χ3n) is 6.40. The molecule has 1 amide bonds. The van der Waals surface area contributed by atoms with Gasteiger partial charge in [0, 0.05) is 51.8 Å². The second kappa shape index (κ2) is 8.05. The summed E-state index contributed by atoms with van der Waals surface area (Å²) in [5.74, 6) is -1.05.